The number of rotatable bonds is 8. The van der Waals surface area contributed by atoms with Crippen molar-refractivity contribution in [3.63, 3.8) is 0 Å². The van der Waals surface area contributed by atoms with E-state index in [1.165, 1.54) is 0 Å². The van der Waals surface area contributed by atoms with Crippen molar-refractivity contribution >= 4 is 23.5 Å². The van der Waals surface area contributed by atoms with E-state index in [1.54, 1.807) is 0 Å². The molecule has 336 valence electrons. The van der Waals surface area contributed by atoms with Gasteiger partial charge in [-0.25, -0.2) is 0 Å². The standard InChI is InChI=1S/2C26H40O4/c2*1-5-17-21-14-16(27)10-12-26(21,4)20-11-13-25(3)18(15(2)6-9-22(28)29)7-8-19(25)23(20)24(17)30/h2*5,15-16,18-21,23,27H,6-14H2,1-4H3,(H,28,29)/b17-5+;17-5-/t2*15-,16+,18?,19?,20?,21-,23-,25+,26+/m00/s1. The largest absolute Gasteiger partial charge is 0.481 e. The number of hydrogen-bond acceptors (Lipinski definition) is 6. The molecule has 8 rings (SSSR count). The molecule has 0 amide bonds. The number of carboxylic acid groups (broad SMARTS) is 2. The third-order valence-corrected chi connectivity index (χ3v) is 20.6. The van der Waals surface area contributed by atoms with E-state index >= 15 is 0 Å². The fraction of sp³-hybridized carbons (Fsp3) is 0.846. The summed E-state index contributed by atoms with van der Waals surface area (Å²) in [4.78, 5) is 49.9. The van der Waals surface area contributed by atoms with Gasteiger partial charge in [0.2, 0.25) is 0 Å². The van der Waals surface area contributed by atoms with Crippen molar-refractivity contribution in [2.24, 2.45) is 92.7 Å². The predicted molar refractivity (Wildman–Crippen MR) is 234 cm³/mol. The number of aliphatic hydroxyl groups is 2. The summed E-state index contributed by atoms with van der Waals surface area (Å²) in [5, 5.41) is 39.0. The molecule has 0 aromatic rings. The molecule has 0 bridgehead atoms. The minimum atomic E-state index is -0.705. The molecular formula is C52H80O8. The second-order valence-corrected chi connectivity index (χ2v) is 22.9. The molecule has 8 saturated carbocycles. The van der Waals surface area contributed by atoms with E-state index in [-0.39, 0.29) is 70.4 Å². The predicted octanol–water partition coefficient (Wildman–Crippen LogP) is 10.5. The summed E-state index contributed by atoms with van der Waals surface area (Å²) in [6, 6.07) is 0. The molecule has 8 fully saturated rings. The summed E-state index contributed by atoms with van der Waals surface area (Å²) in [5.74, 6) is 3.47. The second-order valence-electron chi connectivity index (χ2n) is 22.9. The number of ketones is 2. The molecule has 0 spiro atoms. The number of Topliss-reactive ketones (excluding diaryl/α,β-unsaturated/α-hetero) is 2. The molecule has 0 heterocycles. The van der Waals surface area contributed by atoms with E-state index < -0.39 is 11.9 Å². The van der Waals surface area contributed by atoms with Gasteiger partial charge in [-0.15, -0.1) is 0 Å². The van der Waals surface area contributed by atoms with Crippen molar-refractivity contribution in [3.05, 3.63) is 23.3 Å². The van der Waals surface area contributed by atoms with Crippen LogP contribution >= 0.6 is 0 Å². The monoisotopic (exact) mass is 833 g/mol. The lowest BCUT2D eigenvalue weighted by Gasteiger charge is -2.61. The molecule has 0 aromatic carbocycles. The lowest BCUT2D eigenvalue weighted by Crippen LogP contribution is -2.58. The van der Waals surface area contributed by atoms with Crippen molar-refractivity contribution in [2.75, 3.05) is 0 Å². The zero-order chi connectivity index (χ0) is 43.7. The number of aliphatic carboxylic acids is 2. The number of carbonyl (C=O) groups excluding carboxylic acids is 2. The number of aliphatic hydroxyl groups excluding tert-OH is 2. The zero-order valence-electron chi connectivity index (χ0n) is 38.4. The molecule has 18 atom stereocenters. The van der Waals surface area contributed by atoms with Crippen LogP contribution in [0.2, 0.25) is 0 Å². The maximum absolute atomic E-state index is 13.8. The Morgan fingerprint density at radius 2 is 0.900 bits per heavy atom. The van der Waals surface area contributed by atoms with E-state index in [0.29, 0.717) is 58.9 Å². The summed E-state index contributed by atoms with van der Waals surface area (Å²) in [7, 11) is 0. The summed E-state index contributed by atoms with van der Waals surface area (Å²) < 4.78 is 0. The smallest absolute Gasteiger partial charge is 0.303 e. The first-order valence-electron chi connectivity index (χ1n) is 24.5. The SMILES string of the molecule is C/C=C1/C(=O)[C@H]2C3CCC([C@@H](C)CCC(=O)O)[C@@]3(C)CCC2[C@@]2(C)CC[C@@H](O)C[C@@H]12.C/C=C1\C(=O)[C@H]2C3CCC([C@@H](C)CCC(=O)O)[C@@]3(C)CCC2[C@@]2(C)CC[C@@H](O)C[C@@H]12. The van der Waals surface area contributed by atoms with E-state index in [4.69, 9.17) is 10.2 Å². The normalized spacial score (nSPS) is 48.0. The van der Waals surface area contributed by atoms with Crippen LogP contribution in [0.25, 0.3) is 0 Å². The Morgan fingerprint density at radius 3 is 1.23 bits per heavy atom. The lowest BCUT2D eigenvalue weighted by atomic mass is 9.43. The summed E-state index contributed by atoms with van der Waals surface area (Å²) in [6.45, 7) is 18.1. The van der Waals surface area contributed by atoms with Gasteiger partial charge in [-0.05, 0) is 209 Å². The van der Waals surface area contributed by atoms with Gasteiger partial charge in [0.15, 0.2) is 11.6 Å². The average Bonchev–Trinajstić information content (AvgIpc) is 3.74. The van der Waals surface area contributed by atoms with Crippen molar-refractivity contribution in [1.29, 1.82) is 0 Å². The van der Waals surface area contributed by atoms with Crippen LogP contribution in [0, 0.1) is 92.7 Å². The molecule has 4 N–H and O–H groups in total. The fourth-order valence-electron chi connectivity index (χ4n) is 17.4. The quantitative estimate of drug-likeness (QED) is 0.177. The highest BCUT2D eigenvalue weighted by Gasteiger charge is 2.66. The molecule has 8 aliphatic carbocycles. The number of carboxylic acids is 2. The summed E-state index contributed by atoms with van der Waals surface area (Å²) in [5.41, 5.74) is 2.51. The Bertz CT molecular complexity index is 1610. The van der Waals surface area contributed by atoms with Gasteiger partial charge in [0, 0.05) is 24.7 Å². The van der Waals surface area contributed by atoms with Gasteiger partial charge in [0.1, 0.15) is 0 Å². The molecule has 0 aromatic heterocycles. The summed E-state index contributed by atoms with van der Waals surface area (Å²) in [6.07, 6.45) is 19.7. The van der Waals surface area contributed by atoms with Crippen molar-refractivity contribution in [2.45, 2.75) is 183 Å². The van der Waals surface area contributed by atoms with Crippen LogP contribution in [-0.4, -0.2) is 56.1 Å². The highest BCUT2D eigenvalue weighted by atomic mass is 16.4. The first-order valence-corrected chi connectivity index (χ1v) is 24.5. The Morgan fingerprint density at radius 1 is 0.567 bits per heavy atom. The minimum absolute atomic E-state index is 0.114. The molecule has 0 saturated heterocycles. The molecule has 0 aliphatic heterocycles. The third-order valence-electron chi connectivity index (χ3n) is 20.6. The van der Waals surface area contributed by atoms with E-state index in [1.807, 2.05) is 26.0 Å². The lowest BCUT2D eigenvalue weighted by molar-refractivity contribution is -0.150. The van der Waals surface area contributed by atoms with Crippen LogP contribution in [0.5, 0.6) is 0 Å². The average molecular weight is 833 g/mol. The Hall–Kier alpha value is -2.32. The Labute approximate surface area is 361 Å². The molecule has 8 aliphatic rings. The maximum atomic E-state index is 13.8. The Kier molecular flexibility index (Phi) is 12.9. The van der Waals surface area contributed by atoms with Crippen LogP contribution in [0.3, 0.4) is 0 Å². The van der Waals surface area contributed by atoms with Crippen LogP contribution in [-0.2, 0) is 19.2 Å². The number of hydrogen-bond donors (Lipinski definition) is 4. The zero-order valence-corrected chi connectivity index (χ0v) is 38.4. The van der Waals surface area contributed by atoms with Crippen molar-refractivity contribution in [1.82, 2.24) is 0 Å². The van der Waals surface area contributed by atoms with E-state index in [2.05, 4.69) is 41.5 Å². The van der Waals surface area contributed by atoms with Gasteiger partial charge < -0.3 is 20.4 Å². The first-order chi connectivity index (χ1) is 28.3. The maximum Gasteiger partial charge on any atom is 0.303 e. The van der Waals surface area contributed by atoms with Gasteiger partial charge in [0.25, 0.3) is 0 Å². The number of carbonyl (C=O) groups is 4. The van der Waals surface area contributed by atoms with E-state index in [9.17, 15) is 29.4 Å². The molecule has 8 nitrogen and oxygen atoms in total. The molecule has 0 radical (unpaired) electrons. The molecule has 6 unspecified atom stereocenters. The van der Waals surface area contributed by atoms with Crippen molar-refractivity contribution < 1.29 is 39.6 Å². The van der Waals surface area contributed by atoms with Crippen LogP contribution < -0.4 is 0 Å². The van der Waals surface area contributed by atoms with Crippen LogP contribution in [0.4, 0.5) is 0 Å². The number of fused-ring (bicyclic) bond motifs is 10. The summed E-state index contributed by atoms with van der Waals surface area (Å²) >= 11 is 0. The molecular weight excluding hydrogens is 753 g/mol. The topological polar surface area (TPSA) is 149 Å². The van der Waals surface area contributed by atoms with Crippen LogP contribution in [0.1, 0.15) is 171 Å². The van der Waals surface area contributed by atoms with Gasteiger partial charge in [-0.3, -0.25) is 19.2 Å². The van der Waals surface area contributed by atoms with Crippen molar-refractivity contribution in [3.8, 4) is 0 Å². The number of allylic oxidation sites excluding steroid dienone is 4. The van der Waals surface area contributed by atoms with E-state index in [0.717, 1.165) is 114 Å². The first kappa shape index (κ1) is 45.7. The second kappa shape index (κ2) is 17.0. The highest BCUT2D eigenvalue weighted by molar-refractivity contribution is 6.00. The van der Waals surface area contributed by atoms with Gasteiger partial charge in [0.05, 0.1) is 12.2 Å². The Balaban J connectivity index is 0.000000181. The molecule has 8 heteroatoms. The van der Waals surface area contributed by atoms with Gasteiger partial charge >= 0.3 is 11.9 Å². The minimum Gasteiger partial charge on any atom is -0.481 e. The molecule has 60 heavy (non-hydrogen) atoms. The van der Waals surface area contributed by atoms with Crippen LogP contribution in [0.15, 0.2) is 23.3 Å². The van der Waals surface area contributed by atoms with Gasteiger partial charge in [-0.2, -0.15) is 0 Å². The fourth-order valence-corrected chi connectivity index (χ4v) is 17.4. The highest BCUT2D eigenvalue weighted by Crippen LogP contribution is 2.70. The van der Waals surface area contributed by atoms with Gasteiger partial charge in [-0.1, -0.05) is 53.7 Å². The third kappa shape index (κ3) is 7.43.